The molecule has 0 bridgehead atoms. The van der Waals surface area contributed by atoms with Crippen LogP contribution in [-0.2, 0) is 4.79 Å². The fourth-order valence-corrected chi connectivity index (χ4v) is 4.97. The summed E-state index contributed by atoms with van der Waals surface area (Å²) in [6, 6.07) is 17.9. The smallest absolute Gasteiger partial charge is 0.266 e. The van der Waals surface area contributed by atoms with Crippen LogP contribution in [-0.4, -0.2) is 27.5 Å². The molecule has 1 aromatic heterocycles. The van der Waals surface area contributed by atoms with Crippen molar-refractivity contribution >= 4 is 61.3 Å². The Balaban J connectivity index is 1.62. The second-order valence-electron chi connectivity index (χ2n) is 5.99. The molecule has 0 atom stereocenters. The number of aromatic nitrogens is 1. The predicted octanol–water partition coefficient (Wildman–Crippen LogP) is 6.20. The van der Waals surface area contributed by atoms with Crippen molar-refractivity contribution in [2.24, 2.45) is 4.99 Å². The van der Waals surface area contributed by atoms with E-state index in [1.165, 1.54) is 23.1 Å². The first-order chi connectivity index (χ1) is 13.6. The minimum atomic E-state index is -0.0222. The number of nitrogens with zero attached hydrogens (tertiary/aromatic N) is 3. The van der Waals surface area contributed by atoms with E-state index in [-0.39, 0.29) is 5.91 Å². The number of halogens is 1. The Morgan fingerprint density at radius 2 is 2.00 bits per heavy atom. The van der Waals surface area contributed by atoms with Crippen LogP contribution in [0.15, 0.2) is 74.3 Å². The molecule has 28 heavy (non-hydrogen) atoms. The number of hydrogen-bond acceptors (Lipinski definition) is 5. The second kappa shape index (κ2) is 8.43. The molecule has 2 aromatic carbocycles. The van der Waals surface area contributed by atoms with Crippen molar-refractivity contribution in [1.29, 1.82) is 0 Å². The van der Waals surface area contributed by atoms with E-state index in [4.69, 9.17) is 0 Å². The highest BCUT2D eigenvalue weighted by Crippen LogP contribution is 2.35. The maximum absolute atomic E-state index is 12.8. The molecule has 0 aliphatic carbocycles. The number of thiazole rings is 1. The van der Waals surface area contributed by atoms with Gasteiger partial charge in [0.15, 0.2) is 5.17 Å². The van der Waals surface area contributed by atoms with Crippen molar-refractivity contribution in [3.63, 3.8) is 0 Å². The SMILES string of the molecule is CCN1C(=O)/C(=C/c2cccc(Br)c2)S/C1=N/c1nc(-c2ccccc2)cs1. The Labute approximate surface area is 180 Å². The fraction of sp³-hybridized carbons (Fsp3) is 0.0952. The largest absolute Gasteiger partial charge is 0.287 e. The van der Waals surface area contributed by atoms with Crippen LogP contribution in [0.2, 0.25) is 0 Å². The molecular formula is C21H16BrN3OS2. The molecule has 1 amide bonds. The molecular weight excluding hydrogens is 454 g/mol. The van der Waals surface area contributed by atoms with Gasteiger partial charge in [0.05, 0.1) is 10.6 Å². The summed E-state index contributed by atoms with van der Waals surface area (Å²) in [5, 5.41) is 3.31. The molecule has 0 spiro atoms. The number of rotatable bonds is 4. The van der Waals surface area contributed by atoms with Crippen molar-refractivity contribution in [1.82, 2.24) is 9.88 Å². The number of benzene rings is 2. The molecule has 4 nitrogen and oxygen atoms in total. The van der Waals surface area contributed by atoms with E-state index in [0.29, 0.717) is 21.7 Å². The lowest BCUT2D eigenvalue weighted by atomic mass is 10.2. The molecule has 4 rings (SSSR count). The van der Waals surface area contributed by atoms with Crippen LogP contribution in [0.1, 0.15) is 12.5 Å². The first-order valence-corrected chi connectivity index (χ1v) is 11.2. The van der Waals surface area contributed by atoms with Crippen molar-refractivity contribution in [2.45, 2.75) is 6.92 Å². The number of carbonyl (C=O) groups is 1. The topological polar surface area (TPSA) is 45.6 Å². The highest BCUT2D eigenvalue weighted by Gasteiger charge is 2.32. The van der Waals surface area contributed by atoms with Gasteiger partial charge in [0.1, 0.15) is 0 Å². The molecule has 0 radical (unpaired) electrons. The number of likely N-dealkylation sites (N-methyl/N-ethyl adjacent to an activating group) is 1. The van der Waals surface area contributed by atoms with Crippen LogP contribution < -0.4 is 0 Å². The van der Waals surface area contributed by atoms with Crippen molar-refractivity contribution in [3.8, 4) is 11.3 Å². The highest BCUT2D eigenvalue weighted by molar-refractivity contribution is 9.10. The molecule has 0 saturated carbocycles. The van der Waals surface area contributed by atoms with Crippen molar-refractivity contribution in [3.05, 3.63) is 74.9 Å². The third kappa shape index (κ3) is 4.11. The molecule has 2 heterocycles. The van der Waals surface area contributed by atoms with Gasteiger partial charge in [0.25, 0.3) is 5.91 Å². The first kappa shape index (κ1) is 19.1. The number of carbonyl (C=O) groups excluding carboxylic acids is 1. The van der Waals surface area contributed by atoms with E-state index in [9.17, 15) is 4.79 Å². The third-order valence-electron chi connectivity index (χ3n) is 4.10. The molecule has 7 heteroatoms. The Bertz CT molecular complexity index is 1080. The van der Waals surface area contributed by atoms with Crippen LogP contribution in [0.25, 0.3) is 17.3 Å². The zero-order chi connectivity index (χ0) is 19.5. The summed E-state index contributed by atoms with van der Waals surface area (Å²) in [6.45, 7) is 2.52. The Morgan fingerprint density at radius 3 is 2.75 bits per heavy atom. The van der Waals surface area contributed by atoms with Crippen LogP contribution >= 0.6 is 39.0 Å². The van der Waals surface area contributed by atoms with Gasteiger partial charge < -0.3 is 0 Å². The first-order valence-electron chi connectivity index (χ1n) is 8.70. The van der Waals surface area contributed by atoms with Crippen LogP contribution in [0.4, 0.5) is 5.13 Å². The zero-order valence-electron chi connectivity index (χ0n) is 15.0. The summed E-state index contributed by atoms with van der Waals surface area (Å²) in [5.41, 5.74) is 2.93. The van der Waals surface area contributed by atoms with Gasteiger partial charge >= 0.3 is 0 Å². The van der Waals surface area contributed by atoms with E-state index in [0.717, 1.165) is 21.3 Å². The van der Waals surface area contributed by atoms with Crippen LogP contribution in [0.5, 0.6) is 0 Å². The van der Waals surface area contributed by atoms with E-state index in [1.807, 2.05) is 73.0 Å². The molecule has 1 fully saturated rings. The average molecular weight is 470 g/mol. The van der Waals surface area contributed by atoms with Gasteiger partial charge in [-0.05, 0) is 42.5 Å². The van der Waals surface area contributed by atoms with Gasteiger partial charge in [-0.1, -0.05) is 58.4 Å². The minimum Gasteiger partial charge on any atom is -0.287 e. The lowest BCUT2D eigenvalue weighted by Gasteiger charge is -2.11. The van der Waals surface area contributed by atoms with E-state index in [1.54, 1.807) is 4.90 Å². The molecule has 0 N–H and O–H groups in total. The van der Waals surface area contributed by atoms with Gasteiger partial charge in [-0.2, -0.15) is 4.99 Å². The third-order valence-corrected chi connectivity index (χ3v) is 6.34. The highest BCUT2D eigenvalue weighted by atomic mass is 79.9. The van der Waals surface area contributed by atoms with Gasteiger partial charge in [-0.3, -0.25) is 9.69 Å². The zero-order valence-corrected chi connectivity index (χ0v) is 18.2. The lowest BCUT2D eigenvalue weighted by Crippen LogP contribution is -2.28. The molecule has 140 valence electrons. The van der Waals surface area contributed by atoms with Crippen LogP contribution in [0.3, 0.4) is 0 Å². The average Bonchev–Trinajstić information content (AvgIpc) is 3.28. The van der Waals surface area contributed by atoms with E-state index in [2.05, 4.69) is 25.9 Å². The summed E-state index contributed by atoms with van der Waals surface area (Å²) in [6.07, 6.45) is 1.90. The maximum Gasteiger partial charge on any atom is 0.266 e. The van der Waals surface area contributed by atoms with Crippen molar-refractivity contribution < 1.29 is 4.79 Å². The number of amides is 1. The summed E-state index contributed by atoms with van der Waals surface area (Å²) in [4.78, 5) is 24.4. The van der Waals surface area contributed by atoms with Gasteiger partial charge in [-0.25, -0.2) is 4.98 Å². The van der Waals surface area contributed by atoms with E-state index < -0.39 is 0 Å². The molecule has 0 unspecified atom stereocenters. The van der Waals surface area contributed by atoms with Crippen molar-refractivity contribution in [2.75, 3.05) is 6.54 Å². The van der Waals surface area contributed by atoms with Gasteiger partial charge in [0.2, 0.25) is 5.13 Å². The predicted molar refractivity (Wildman–Crippen MR) is 122 cm³/mol. The Hall–Kier alpha value is -2.22. The van der Waals surface area contributed by atoms with Crippen LogP contribution in [0, 0.1) is 0 Å². The number of aliphatic imine (C=N–C) groups is 1. The number of thioether (sulfide) groups is 1. The molecule has 1 saturated heterocycles. The maximum atomic E-state index is 12.8. The quantitative estimate of drug-likeness (QED) is 0.427. The van der Waals surface area contributed by atoms with Gasteiger partial charge in [-0.15, -0.1) is 11.3 Å². The fourth-order valence-electron chi connectivity index (χ4n) is 2.76. The molecule has 1 aliphatic heterocycles. The van der Waals surface area contributed by atoms with Gasteiger partial charge in [0, 0.05) is 22.0 Å². The molecule has 1 aliphatic rings. The number of amidine groups is 1. The molecule has 3 aromatic rings. The monoisotopic (exact) mass is 469 g/mol. The standard InChI is InChI=1S/C21H16BrN3OS2/c1-2-25-19(26)18(12-14-7-6-10-16(22)11-14)28-21(25)24-20-23-17(13-27-20)15-8-4-3-5-9-15/h3-13H,2H2,1H3/b18-12-,24-21+. The lowest BCUT2D eigenvalue weighted by molar-refractivity contribution is -0.122. The number of hydrogen-bond donors (Lipinski definition) is 0. The summed E-state index contributed by atoms with van der Waals surface area (Å²) < 4.78 is 0.981. The second-order valence-corrected chi connectivity index (χ2v) is 8.75. The van der Waals surface area contributed by atoms with E-state index >= 15 is 0 Å². The minimum absolute atomic E-state index is 0.0222. The summed E-state index contributed by atoms with van der Waals surface area (Å²) in [5.74, 6) is -0.0222. The Morgan fingerprint density at radius 1 is 1.18 bits per heavy atom. The Kier molecular flexibility index (Phi) is 5.75. The normalized spacial score (nSPS) is 17.1. The summed E-state index contributed by atoms with van der Waals surface area (Å²) >= 11 is 6.34. The summed E-state index contributed by atoms with van der Waals surface area (Å²) in [7, 11) is 0.